The molecule has 0 saturated carbocycles. The van der Waals surface area contributed by atoms with Gasteiger partial charge in [-0.2, -0.15) is 0 Å². The summed E-state index contributed by atoms with van der Waals surface area (Å²) < 4.78 is 38.0. The van der Waals surface area contributed by atoms with Crippen molar-refractivity contribution < 1.29 is 43.1 Å². The molecule has 2 aromatic heterocycles. The summed E-state index contributed by atoms with van der Waals surface area (Å²) in [6.07, 6.45) is 6.24. The minimum absolute atomic E-state index is 0.243. The molecular formula is C30H40N2O9. The zero-order valence-corrected chi connectivity index (χ0v) is 23.6. The van der Waals surface area contributed by atoms with Crippen molar-refractivity contribution in [1.29, 1.82) is 0 Å². The molecule has 0 aliphatic rings. The zero-order valence-electron chi connectivity index (χ0n) is 23.6. The predicted octanol–water partition coefficient (Wildman–Crippen LogP) is 3.09. The highest BCUT2D eigenvalue weighted by molar-refractivity contribution is 5.82. The molecule has 0 saturated heterocycles. The maximum Gasteiger partial charge on any atom is 0.329 e. The molecule has 0 spiro atoms. The molecule has 0 unspecified atom stereocenters. The van der Waals surface area contributed by atoms with Gasteiger partial charge in [0.25, 0.3) is 0 Å². The molecule has 0 atom stereocenters. The van der Waals surface area contributed by atoms with Crippen LogP contribution in [0.1, 0.15) is 16.8 Å². The minimum atomic E-state index is -0.994. The lowest BCUT2D eigenvalue weighted by Gasteiger charge is -2.11. The number of hydrogen-bond acceptors (Lipinski definition) is 10. The Morgan fingerprint density at radius 2 is 1.29 bits per heavy atom. The van der Waals surface area contributed by atoms with Crippen LogP contribution in [0.3, 0.4) is 0 Å². The number of aliphatic carboxylic acids is 1. The summed E-state index contributed by atoms with van der Waals surface area (Å²) in [4.78, 5) is 19.0. The van der Waals surface area contributed by atoms with Crippen LogP contribution < -0.4 is 4.74 Å². The molecule has 11 nitrogen and oxygen atoms in total. The summed E-state index contributed by atoms with van der Waals surface area (Å²) in [6.45, 7) is 6.84. The Hall–Kier alpha value is -3.19. The van der Waals surface area contributed by atoms with Crippen molar-refractivity contribution in [2.45, 2.75) is 13.3 Å². The summed E-state index contributed by atoms with van der Waals surface area (Å²) in [7, 11) is 0. The monoisotopic (exact) mass is 572 g/mol. The van der Waals surface area contributed by atoms with Crippen LogP contribution in [0.5, 0.6) is 5.75 Å². The van der Waals surface area contributed by atoms with E-state index < -0.39 is 5.97 Å². The van der Waals surface area contributed by atoms with Crippen molar-refractivity contribution in [1.82, 2.24) is 9.97 Å². The van der Waals surface area contributed by atoms with E-state index >= 15 is 0 Å². The Balaban J connectivity index is 1.14. The van der Waals surface area contributed by atoms with Crippen LogP contribution in [0, 0.1) is 6.92 Å². The van der Waals surface area contributed by atoms with Crippen molar-refractivity contribution >= 4 is 16.7 Å². The molecule has 1 aromatic carbocycles. The molecule has 3 rings (SSSR count). The molecular weight excluding hydrogens is 532 g/mol. The lowest BCUT2D eigenvalue weighted by molar-refractivity contribution is -0.142. The average Bonchev–Trinajstić information content (AvgIpc) is 2.97. The molecule has 2 heterocycles. The fraction of sp³-hybridized carbons (Fsp3) is 0.500. The summed E-state index contributed by atoms with van der Waals surface area (Å²) in [5.74, 6) is -0.178. The first-order chi connectivity index (χ1) is 20.1. The Morgan fingerprint density at radius 1 is 0.707 bits per heavy atom. The Bertz CT molecular complexity index is 1160. The SMILES string of the molecule is Cc1cnc(Cc2ccc3cnccc3c2)cc1OCCOCCOCCOCCOCCOCCOCC(=O)O. The molecule has 224 valence electrons. The predicted molar refractivity (Wildman–Crippen MR) is 152 cm³/mol. The number of rotatable bonds is 23. The van der Waals surface area contributed by atoms with Crippen molar-refractivity contribution in [3.05, 3.63) is 65.7 Å². The number of carboxylic acids is 1. The third-order valence-corrected chi connectivity index (χ3v) is 5.77. The molecule has 1 N–H and O–H groups in total. The number of aryl methyl sites for hydroxylation is 1. The summed E-state index contributed by atoms with van der Waals surface area (Å²) >= 11 is 0. The van der Waals surface area contributed by atoms with E-state index in [4.69, 9.17) is 38.3 Å². The largest absolute Gasteiger partial charge is 0.491 e. The molecule has 0 bridgehead atoms. The lowest BCUT2D eigenvalue weighted by Crippen LogP contribution is -2.15. The number of benzene rings is 1. The van der Waals surface area contributed by atoms with Crippen LogP contribution in [0.2, 0.25) is 0 Å². The van der Waals surface area contributed by atoms with Gasteiger partial charge >= 0.3 is 5.97 Å². The highest BCUT2D eigenvalue weighted by atomic mass is 16.6. The number of carboxylic acid groups (broad SMARTS) is 1. The van der Waals surface area contributed by atoms with Crippen LogP contribution >= 0.6 is 0 Å². The minimum Gasteiger partial charge on any atom is -0.491 e. The Kier molecular flexibility index (Phi) is 15.6. The number of ether oxygens (including phenoxy) is 7. The third kappa shape index (κ3) is 13.8. The van der Waals surface area contributed by atoms with Crippen LogP contribution in [0.25, 0.3) is 10.8 Å². The first-order valence-corrected chi connectivity index (χ1v) is 13.7. The van der Waals surface area contributed by atoms with Gasteiger partial charge in [-0.05, 0) is 23.9 Å². The number of carbonyl (C=O) groups is 1. The molecule has 0 fully saturated rings. The second kappa shape index (κ2) is 19.8. The normalized spacial score (nSPS) is 11.2. The van der Waals surface area contributed by atoms with Gasteiger partial charge in [0.05, 0.1) is 72.7 Å². The van der Waals surface area contributed by atoms with Crippen LogP contribution in [-0.2, 0) is 39.6 Å². The van der Waals surface area contributed by atoms with Gasteiger partial charge in [-0.15, -0.1) is 0 Å². The second-order valence-electron chi connectivity index (χ2n) is 9.03. The number of nitrogens with zero attached hydrogens (tertiary/aromatic N) is 2. The van der Waals surface area contributed by atoms with E-state index in [0.29, 0.717) is 72.7 Å². The van der Waals surface area contributed by atoms with Gasteiger partial charge in [-0.3, -0.25) is 9.97 Å². The summed E-state index contributed by atoms with van der Waals surface area (Å²) in [5, 5.41) is 10.7. The van der Waals surface area contributed by atoms with Crippen molar-refractivity contribution in [3.8, 4) is 5.75 Å². The fourth-order valence-electron chi connectivity index (χ4n) is 3.72. The molecule has 11 heteroatoms. The van der Waals surface area contributed by atoms with Crippen molar-refractivity contribution in [2.75, 3.05) is 85.9 Å². The lowest BCUT2D eigenvalue weighted by atomic mass is 10.0. The van der Waals surface area contributed by atoms with Crippen molar-refractivity contribution in [3.63, 3.8) is 0 Å². The van der Waals surface area contributed by atoms with Gasteiger partial charge < -0.3 is 38.3 Å². The Morgan fingerprint density at radius 3 is 1.90 bits per heavy atom. The van der Waals surface area contributed by atoms with E-state index in [1.54, 1.807) is 6.20 Å². The maximum absolute atomic E-state index is 10.3. The molecule has 0 radical (unpaired) electrons. The summed E-state index contributed by atoms with van der Waals surface area (Å²) in [6, 6.07) is 10.4. The molecule has 41 heavy (non-hydrogen) atoms. The quantitative estimate of drug-likeness (QED) is 0.168. The van der Waals surface area contributed by atoms with E-state index in [1.807, 2.05) is 31.5 Å². The van der Waals surface area contributed by atoms with Gasteiger partial charge in [0.2, 0.25) is 0 Å². The second-order valence-corrected chi connectivity index (χ2v) is 9.03. The standard InChI is InChI=1S/C30H40N2O9/c1-24-21-32-28(19-25-2-3-27-22-31-5-4-26(27)18-25)20-29(24)41-17-16-39-13-12-37-9-8-35-6-7-36-10-11-38-14-15-40-23-30(33)34/h2-5,18,20-22H,6-17,19,23H2,1H3,(H,33,34). The number of aromatic nitrogens is 2. The topological polar surface area (TPSA) is 128 Å². The van der Waals surface area contributed by atoms with Crippen LogP contribution in [0.15, 0.2) is 48.9 Å². The van der Waals surface area contributed by atoms with E-state index in [9.17, 15) is 4.79 Å². The highest BCUT2D eigenvalue weighted by Crippen LogP contribution is 2.21. The van der Waals surface area contributed by atoms with Gasteiger partial charge in [0.1, 0.15) is 19.0 Å². The average molecular weight is 573 g/mol. The molecule has 0 aliphatic heterocycles. The van der Waals surface area contributed by atoms with Gasteiger partial charge in [-0.25, -0.2) is 4.79 Å². The number of hydrogen-bond donors (Lipinski definition) is 1. The Labute approximate surface area is 240 Å². The van der Waals surface area contributed by atoms with E-state index in [-0.39, 0.29) is 13.2 Å². The van der Waals surface area contributed by atoms with E-state index in [0.717, 1.165) is 28.8 Å². The van der Waals surface area contributed by atoms with Gasteiger partial charge in [-0.1, -0.05) is 18.2 Å². The van der Waals surface area contributed by atoms with Crippen molar-refractivity contribution in [2.24, 2.45) is 0 Å². The fourth-order valence-corrected chi connectivity index (χ4v) is 3.72. The maximum atomic E-state index is 10.3. The molecule has 0 aliphatic carbocycles. The first-order valence-electron chi connectivity index (χ1n) is 13.7. The summed E-state index contributed by atoms with van der Waals surface area (Å²) in [5.41, 5.74) is 3.13. The van der Waals surface area contributed by atoms with E-state index in [1.165, 1.54) is 10.9 Å². The molecule has 0 amide bonds. The number of pyridine rings is 2. The first kappa shape index (κ1) is 32.3. The van der Waals surface area contributed by atoms with Gasteiger partial charge in [0, 0.05) is 47.7 Å². The zero-order chi connectivity index (χ0) is 29.0. The smallest absolute Gasteiger partial charge is 0.329 e. The third-order valence-electron chi connectivity index (χ3n) is 5.77. The van der Waals surface area contributed by atoms with Crippen LogP contribution in [-0.4, -0.2) is 107 Å². The van der Waals surface area contributed by atoms with E-state index in [2.05, 4.69) is 28.2 Å². The van der Waals surface area contributed by atoms with Crippen LogP contribution in [0.4, 0.5) is 0 Å². The highest BCUT2D eigenvalue weighted by Gasteiger charge is 2.06. The van der Waals surface area contributed by atoms with Gasteiger partial charge in [0.15, 0.2) is 0 Å². The number of fused-ring (bicyclic) bond motifs is 1. The molecule has 3 aromatic rings.